The Morgan fingerprint density at radius 1 is 0.964 bits per heavy atom. The predicted molar refractivity (Wildman–Crippen MR) is 110 cm³/mol. The second-order valence-electron chi connectivity index (χ2n) is 6.36. The molecule has 6 heteroatoms. The number of carbonyl (C=O) groups excluding carboxylic acids is 1. The molecule has 0 radical (unpaired) electrons. The molecule has 0 bridgehead atoms. The number of anilines is 1. The Bertz CT molecular complexity index is 1010. The van der Waals surface area contributed by atoms with Gasteiger partial charge >= 0.3 is 0 Å². The average molecular weight is 440 g/mol. The van der Waals surface area contributed by atoms with Crippen molar-refractivity contribution in [2.45, 2.75) is 6.10 Å². The van der Waals surface area contributed by atoms with Crippen molar-refractivity contribution >= 4 is 27.5 Å². The number of amides is 1. The number of hydrogen-bond donors (Lipinski definition) is 2. The normalized spacial score (nSPS) is 13.6. The summed E-state index contributed by atoms with van der Waals surface area (Å²) in [6, 6.07) is 19.8. The van der Waals surface area contributed by atoms with Crippen LogP contribution in [0.4, 0.5) is 5.69 Å². The van der Waals surface area contributed by atoms with Crippen LogP contribution in [0.2, 0.25) is 0 Å². The summed E-state index contributed by atoms with van der Waals surface area (Å²) in [4.78, 5) is 12.8. The molecule has 142 valence electrons. The molecule has 2 N–H and O–H groups in total. The number of aliphatic hydroxyl groups excluding tert-OH is 1. The number of hydrogen-bond acceptors (Lipinski definition) is 4. The fourth-order valence-corrected chi connectivity index (χ4v) is 3.48. The van der Waals surface area contributed by atoms with Crippen LogP contribution in [0.15, 0.2) is 71.2 Å². The summed E-state index contributed by atoms with van der Waals surface area (Å²) < 4.78 is 12.1. The van der Waals surface area contributed by atoms with Crippen molar-refractivity contribution in [2.75, 3.05) is 18.5 Å². The molecule has 1 amide bonds. The first-order chi connectivity index (χ1) is 13.6. The lowest BCUT2D eigenvalue weighted by Crippen LogP contribution is -2.18. The van der Waals surface area contributed by atoms with Gasteiger partial charge in [0.2, 0.25) is 0 Å². The van der Waals surface area contributed by atoms with Crippen molar-refractivity contribution < 1.29 is 19.4 Å². The largest absolute Gasteiger partial charge is 0.486 e. The Balaban J connectivity index is 1.73. The van der Waals surface area contributed by atoms with Crippen LogP contribution >= 0.6 is 15.9 Å². The minimum Gasteiger partial charge on any atom is -0.486 e. The quantitative estimate of drug-likeness (QED) is 0.625. The van der Waals surface area contributed by atoms with E-state index in [1.54, 1.807) is 30.3 Å². The molecule has 0 unspecified atom stereocenters. The Labute approximate surface area is 171 Å². The molecule has 5 nitrogen and oxygen atoms in total. The first kappa shape index (κ1) is 18.5. The summed E-state index contributed by atoms with van der Waals surface area (Å²) in [5.41, 5.74) is 2.24. The van der Waals surface area contributed by atoms with E-state index in [-0.39, 0.29) is 5.91 Å². The molecule has 28 heavy (non-hydrogen) atoms. The van der Waals surface area contributed by atoms with Crippen LogP contribution in [0.25, 0.3) is 0 Å². The van der Waals surface area contributed by atoms with Crippen LogP contribution in [0, 0.1) is 0 Å². The molecule has 0 saturated carbocycles. The predicted octanol–water partition coefficient (Wildman–Crippen LogP) is 4.55. The van der Waals surface area contributed by atoms with E-state index in [2.05, 4.69) is 21.2 Å². The highest BCUT2D eigenvalue weighted by atomic mass is 79.9. The van der Waals surface area contributed by atoms with Crippen LogP contribution in [0.5, 0.6) is 11.5 Å². The van der Waals surface area contributed by atoms with Crippen LogP contribution in [-0.4, -0.2) is 24.2 Å². The third-order valence-electron chi connectivity index (χ3n) is 4.46. The van der Waals surface area contributed by atoms with Gasteiger partial charge in [-0.3, -0.25) is 4.79 Å². The smallest absolute Gasteiger partial charge is 0.255 e. The maximum absolute atomic E-state index is 12.8. The highest BCUT2D eigenvalue weighted by Crippen LogP contribution is 2.39. The van der Waals surface area contributed by atoms with E-state index in [0.717, 1.165) is 10.0 Å². The summed E-state index contributed by atoms with van der Waals surface area (Å²) in [5, 5.41) is 13.8. The van der Waals surface area contributed by atoms with Gasteiger partial charge in [0.05, 0.1) is 5.69 Å². The van der Waals surface area contributed by atoms with Gasteiger partial charge < -0.3 is 19.9 Å². The SMILES string of the molecule is O=C(Nc1cc2c(cc1[C@@H](O)c1ccccc1)OCCO2)c1cccc(Br)c1. The van der Waals surface area contributed by atoms with Crippen molar-refractivity contribution in [3.8, 4) is 11.5 Å². The third kappa shape index (κ3) is 3.88. The topological polar surface area (TPSA) is 67.8 Å². The molecule has 3 aromatic carbocycles. The van der Waals surface area contributed by atoms with Crippen LogP contribution in [0.3, 0.4) is 0 Å². The number of fused-ring (bicyclic) bond motifs is 1. The number of ether oxygens (including phenoxy) is 2. The molecule has 0 saturated heterocycles. The van der Waals surface area contributed by atoms with Gasteiger partial charge in [-0.2, -0.15) is 0 Å². The number of carbonyl (C=O) groups is 1. The van der Waals surface area contributed by atoms with Crippen LogP contribution < -0.4 is 14.8 Å². The maximum atomic E-state index is 12.8. The van der Waals surface area contributed by atoms with Crippen molar-refractivity contribution in [2.24, 2.45) is 0 Å². The molecular weight excluding hydrogens is 422 g/mol. The lowest BCUT2D eigenvalue weighted by molar-refractivity contribution is 0.102. The molecule has 1 heterocycles. The fraction of sp³-hybridized carbons (Fsp3) is 0.136. The van der Waals surface area contributed by atoms with E-state index in [4.69, 9.17) is 9.47 Å². The second-order valence-corrected chi connectivity index (χ2v) is 7.28. The molecule has 1 aliphatic rings. The van der Waals surface area contributed by atoms with E-state index < -0.39 is 6.10 Å². The molecule has 3 aromatic rings. The second kappa shape index (κ2) is 8.04. The average Bonchev–Trinajstić information content (AvgIpc) is 2.73. The minimum absolute atomic E-state index is 0.278. The summed E-state index contributed by atoms with van der Waals surface area (Å²) in [7, 11) is 0. The number of aliphatic hydroxyl groups is 1. The Hall–Kier alpha value is -2.83. The van der Waals surface area contributed by atoms with Crippen molar-refractivity contribution in [1.82, 2.24) is 0 Å². The Morgan fingerprint density at radius 3 is 2.39 bits per heavy atom. The van der Waals surface area contributed by atoms with E-state index in [1.807, 2.05) is 36.4 Å². The molecule has 1 aliphatic heterocycles. The van der Waals surface area contributed by atoms with Gasteiger partial charge in [0.1, 0.15) is 19.3 Å². The highest BCUT2D eigenvalue weighted by Gasteiger charge is 2.22. The van der Waals surface area contributed by atoms with Gasteiger partial charge in [-0.15, -0.1) is 0 Å². The van der Waals surface area contributed by atoms with Gasteiger partial charge in [0.15, 0.2) is 11.5 Å². The van der Waals surface area contributed by atoms with Crippen molar-refractivity contribution in [3.63, 3.8) is 0 Å². The number of benzene rings is 3. The highest BCUT2D eigenvalue weighted by molar-refractivity contribution is 9.10. The van der Waals surface area contributed by atoms with E-state index >= 15 is 0 Å². The molecule has 0 fully saturated rings. The standard InChI is InChI=1S/C22H18BrNO4/c23-16-8-4-7-15(11-16)22(26)24-18-13-20-19(27-9-10-28-20)12-17(18)21(25)14-5-2-1-3-6-14/h1-8,11-13,21,25H,9-10H2,(H,24,26)/t21-/m0/s1. The monoisotopic (exact) mass is 439 g/mol. The van der Waals surface area contributed by atoms with Gasteiger partial charge in [-0.05, 0) is 29.8 Å². The van der Waals surface area contributed by atoms with Gasteiger partial charge in [-0.25, -0.2) is 0 Å². The van der Waals surface area contributed by atoms with Gasteiger partial charge in [0.25, 0.3) is 5.91 Å². The number of rotatable bonds is 4. The summed E-state index contributed by atoms with van der Waals surface area (Å²) in [6.45, 7) is 0.879. The maximum Gasteiger partial charge on any atom is 0.255 e. The lowest BCUT2D eigenvalue weighted by atomic mass is 9.98. The molecular formula is C22H18BrNO4. The van der Waals surface area contributed by atoms with E-state index in [9.17, 15) is 9.90 Å². The summed E-state index contributed by atoms with van der Waals surface area (Å²) in [5.74, 6) is 0.816. The zero-order valence-corrected chi connectivity index (χ0v) is 16.5. The molecule has 0 spiro atoms. The van der Waals surface area contributed by atoms with E-state index in [1.165, 1.54) is 0 Å². The lowest BCUT2D eigenvalue weighted by Gasteiger charge is -2.23. The Morgan fingerprint density at radius 2 is 1.68 bits per heavy atom. The number of halogens is 1. The first-order valence-corrected chi connectivity index (χ1v) is 9.64. The zero-order valence-electron chi connectivity index (χ0n) is 14.9. The summed E-state index contributed by atoms with van der Waals surface area (Å²) >= 11 is 3.38. The third-order valence-corrected chi connectivity index (χ3v) is 4.95. The summed E-state index contributed by atoms with van der Waals surface area (Å²) in [6.07, 6.45) is -0.921. The first-order valence-electron chi connectivity index (χ1n) is 8.85. The molecule has 0 aliphatic carbocycles. The molecule has 4 rings (SSSR count). The van der Waals surface area contributed by atoms with Gasteiger partial charge in [-0.1, -0.05) is 52.3 Å². The minimum atomic E-state index is -0.921. The van der Waals surface area contributed by atoms with Crippen molar-refractivity contribution in [1.29, 1.82) is 0 Å². The molecule has 1 atom stereocenters. The van der Waals surface area contributed by atoms with Gasteiger partial charge in [0, 0.05) is 21.7 Å². The number of nitrogens with one attached hydrogen (secondary N) is 1. The zero-order chi connectivity index (χ0) is 19.5. The van der Waals surface area contributed by atoms with E-state index in [0.29, 0.717) is 41.5 Å². The fourth-order valence-electron chi connectivity index (χ4n) is 3.08. The molecule has 0 aromatic heterocycles. The Kier molecular flexibility index (Phi) is 5.32. The van der Waals surface area contributed by atoms with Crippen LogP contribution in [-0.2, 0) is 0 Å². The van der Waals surface area contributed by atoms with Crippen molar-refractivity contribution in [3.05, 3.63) is 87.9 Å². The van der Waals surface area contributed by atoms with Crippen LogP contribution in [0.1, 0.15) is 27.6 Å².